The summed E-state index contributed by atoms with van der Waals surface area (Å²) >= 11 is 0. The number of nitrogens with zero attached hydrogens (tertiary/aromatic N) is 3. The summed E-state index contributed by atoms with van der Waals surface area (Å²) in [5.41, 5.74) is -1.35. The first-order valence-corrected chi connectivity index (χ1v) is 12.7. The summed E-state index contributed by atoms with van der Waals surface area (Å²) in [6.07, 6.45) is 3.11. The monoisotopic (exact) mass is 507 g/mol. The average Bonchev–Trinajstić information content (AvgIpc) is 3.26. The van der Waals surface area contributed by atoms with Gasteiger partial charge >= 0.3 is 0 Å². The molecule has 1 amide bonds. The summed E-state index contributed by atoms with van der Waals surface area (Å²) in [7, 11) is 19.5. The third-order valence-corrected chi connectivity index (χ3v) is 7.44. The lowest BCUT2D eigenvalue weighted by Crippen LogP contribution is -2.47. The highest BCUT2D eigenvalue weighted by Gasteiger charge is 2.47. The van der Waals surface area contributed by atoms with Crippen molar-refractivity contribution in [2.75, 3.05) is 5.32 Å². The number of nitriles is 1. The zero-order valence-electron chi connectivity index (χ0n) is 22.8. The number of ether oxygens (including phenoxy) is 1. The normalized spacial score (nSPS) is 26.5. The van der Waals surface area contributed by atoms with Crippen LogP contribution in [-0.2, 0) is 4.74 Å². The van der Waals surface area contributed by atoms with Crippen molar-refractivity contribution < 1.29 is 14.6 Å². The molecule has 1 fully saturated rings. The second-order valence-electron chi connectivity index (χ2n) is 12.4. The third kappa shape index (κ3) is 5.34. The first-order valence-electron chi connectivity index (χ1n) is 12.7. The van der Waals surface area contributed by atoms with Crippen LogP contribution in [0.2, 0.25) is 5.82 Å². The van der Waals surface area contributed by atoms with Crippen molar-refractivity contribution in [3.05, 3.63) is 46.7 Å². The first kappa shape index (κ1) is 28.2. The highest BCUT2D eigenvalue weighted by atomic mass is 16.5. The number of amides is 1. The van der Waals surface area contributed by atoms with E-state index in [4.69, 9.17) is 38.5 Å². The number of aromatic nitrogens is 3. The summed E-state index contributed by atoms with van der Waals surface area (Å²) in [5.74, 6) is -1.44. The molecule has 1 aliphatic heterocycles. The standard InChI is InChI=1S/C27H32B3N5O3/c1-24(2)11-16(28)19(27(30,37)23(24)29)20-18(35-22(36)21-32-13-15(12-31)33-21)8-7-17(34-20)14-9-25(3,4)38-26(5,6)10-14/h7-8,13-14,23,37H,9-11H2,1-6H3,(H,32,33)(H,35,36). The van der Waals surface area contributed by atoms with Gasteiger partial charge in [-0.2, -0.15) is 5.26 Å². The van der Waals surface area contributed by atoms with Crippen molar-refractivity contribution in [1.82, 2.24) is 15.0 Å². The van der Waals surface area contributed by atoms with E-state index in [2.05, 4.69) is 43.0 Å². The van der Waals surface area contributed by atoms with Crippen molar-refractivity contribution in [3.8, 4) is 6.07 Å². The van der Waals surface area contributed by atoms with E-state index in [1.807, 2.05) is 26.0 Å². The summed E-state index contributed by atoms with van der Waals surface area (Å²) < 4.78 is 6.26. The molecule has 0 bridgehead atoms. The van der Waals surface area contributed by atoms with Gasteiger partial charge in [-0.1, -0.05) is 13.8 Å². The number of H-pyrrole nitrogens is 1. The number of pyridine rings is 1. The summed E-state index contributed by atoms with van der Waals surface area (Å²) in [6.45, 7) is 12.0. The molecule has 0 aromatic carbocycles. The molecule has 3 N–H and O–H groups in total. The van der Waals surface area contributed by atoms with Crippen LogP contribution in [0.5, 0.6) is 0 Å². The first-order chi connectivity index (χ1) is 17.5. The predicted molar refractivity (Wildman–Crippen MR) is 148 cm³/mol. The molecule has 0 saturated carbocycles. The van der Waals surface area contributed by atoms with Crippen molar-refractivity contribution >= 4 is 40.7 Å². The van der Waals surface area contributed by atoms with Crippen LogP contribution in [0.4, 0.5) is 5.69 Å². The number of aromatic amines is 1. The van der Waals surface area contributed by atoms with Gasteiger partial charge in [0.05, 0.1) is 36.6 Å². The lowest BCUT2D eigenvalue weighted by molar-refractivity contribution is -0.162. The molecule has 3 heterocycles. The van der Waals surface area contributed by atoms with Crippen LogP contribution < -0.4 is 5.32 Å². The highest BCUT2D eigenvalue weighted by molar-refractivity contribution is 6.35. The fourth-order valence-corrected chi connectivity index (χ4v) is 6.01. The maximum Gasteiger partial charge on any atom is 0.291 e. The number of hydrogen-bond acceptors (Lipinski definition) is 6. The van der Waals surface area contributed by atoms with E-state index in [1.165, 1.54) is 6.20 Å². The molecule has 2 aromatic heterocycles. The molecule has 0 spiro atoms. The molecule has 192 valence electrons. The second-order valence-corrected chi connectivity index (χ2v) is 12.4. The Morgan fingerprint density at radius 1 is 1.21 bits per heavy atom. The lowest BCUT2D eigenvalue weighted by Gasteiger charge is -2.49. The number of carbonyl (C=O) groups is 1. The Bertz CT molecular complexity index is 1320. The van der Waals surface area contributed by atoms with Crippen LogP contribution in [0, 0.1) is 16.7 Å². The van der Waals surface area contributed by atoms with E-state index in [1.54, 1.807) is 6.07 Å². The lowest BCUT2D eigenvalue weighted by atomic mass is 9.44. The van der Waals surface area contributed by atoms with Crippen molar-refractivity contribution in [1.29, 1.82) is 5.26 Å². The molecule has 8 nitrogen and oxygen atoms in total. The number of nitrogens with one attached hydrogen (secondary N) is 2. The van der Waals surface area contributed by atoms with Gasteiger partial charge in [-0.3, -0.25) is 9.78 Å². The quantitative estimate of drug-likeness (QED) is 0.545. The summed E-state index contributed by atoms with van der Waals surface area (Å²) in [6, 6.07) is 5.48. The zero-order valence-corrected chi connectivity index (χ0v) is 22.8. The molecule has 6 radical (unpaired) electrons. The molecule has 2 aliphatic rings. The van der Waals surface area contributed by atoms with Crippen molar-refractivity contribution in [2.24, 2.45) is 5.41 Å². The maximum atomic E-state index is 13.0. The average molecular weight is 507 g/mol. The maximum absolute atomic E-state index is 13.0. The molecule has 2 aromatic rings. The Morgan fingerprint density at radius 3 is 2.42 bits per heavy atom. The fourth-order valence-electron chi connectivity index (χ4n) is 6.01. The largest absolute Gasteiger partial charge is 0.396 e. The Hall–Kier alpha value is -2.83. The van der Waals surface area contributed by atoms with Gasteiger partial charge in [0.15, 0.2) is 5.82 Å². The van der Waals surface area contributed by atoms with E-state index in [0.29, 0.717) is 11.9 Å². The molecule has 1 saturated heterocycles. The van der Waals surface area contributed by atoms with Crippen LogP contribution in [0.3, 0.4) is 0 Å². The molecular weight excluding hydrogens is 475 g/mol. The van der Waals surface area contributed by atoms with E-state index in [9.17, 15) is 9.90 Å². The molecule has 1 aliphatic carbocycles. The Kier molecular flexibility index (Phi) is 6.99. The minimum Gasteiger partial charge on any atom is -0.396 e. The molecular formula is C27H32B3N5O3. The van der Waals surface area contributed by atoms with Crippen LogP contribution in [0.25, 0.3) is 5.57 Å². The SMILES string of the molecule is [B]C1=C(c2nc(C3CC(C)(C)OC(C)(C)C3)ccc2NC(=O)c2ncc(C#N)[nH]2)C([B])(O)C([B])C(C)(C)C1. The Morgan fingerprint density at radius 2 is 1.84 bits per heavy atom. The third-order valence-electron chi connectivity index (χ3n) is 7.44. The smallest absolute Gasteiger partial charge is 0.291 e. The number of aliphatic hydroxyl groups is 1. The topological polar surface area (TPSA) is 124 Å². The second kappa shape index (κ2) is 9.42. The van der Waals surface area contributed by atoms with Gasteiger partial charge < -0.3 is 20.1 Å². The van der Waals surface area contributed by atoms with Crippen LogP contribution in [0.15, 0.2) is 23.8 Å². The van der Waals surface area contributed by atoms with Crippen LogP contribution in [0.1, 0.15) is 94.4 Å². The molecule has 4 rings (SSSR count). The molecule has 38 heavy (non-hydrogen) atoms. The molecule has 11 heteroatoms. The number of imidazole rings is 1. The number of carbonyl (C=O) groups excluding carboxylic acids is 1. The van der Waals surface area contributed by atoms with Gasteiger partial charge in [0.25, 0.3) is 5.91 Å². The number of anilines is 1. The van der Waals surface area contributed by atoms with E-state index < -0.39 is 22.6 Å². The van der Waals surface area contributed by atoms with Gasteiger partial charge in [-0.25, -0.2) is 4.98 Å². The van der Waals surface area contributed by atoms with Crippen molar-refractivity contribution in [2.45, 2.75) is 89.2 Å². The minimum absolute atomic E-state index is 0.0434. The van der Waals surface area contributed by atoms with Gasteiger partial charge in [0, 0.05) is 17.1 Å². The fraction of sp³-hybridized carbons (Fsp3) is 0.556. The number of hydrogen-bond donors (Lipinski definition) is 3. The number of rotatable bonds is 4. The van der Waals surface area contributed by atoms with E-state index in [0.717, 1.165) is 18.5 Å². The van der Waals surface area contributed by atoms with Gasteiger partial charge in [-0.05, 0) is 75.9 Å². The number of allylic oxidation sites excluding steroid dienone is 1. The Labute approximate surface area is 228 Å². The minimum atomic E-state index is -2.01. The van der Waals surface area contributed by atoms with Crippen LogP contribution >= 0.6 is 0 Å². The Balaban J connectivity index is 1.84. The molecule has 2 unspecified atom stereocenters. The predicted octanol–water partition coefficient (Wildman–Crippen LogP) is 3.50. The highest BCUT2D eigenvalue weighted by Crippen LogP contribution is 2.53. The van der Waals surface area contributed by atoms with E-state index in [-0.39, 0.29) is 45.6 Å². The van der Waals surface area contributed by atoms with Gasteiger partial charge in [0.1, 0.15) is 27.5 Å². The molecule has 2 atom stereocenters. The van der Waals surface area contributed by atoms with Gasteiger partial charge in [-0.15, -0.1) is 5.47 Å². The van der Waals surface area contributed by atoms with Gasteiger partial charge in [0.2, 0.25) is 0 Å². The summed E-state index contributed by atoms with van der Waals surface area (Å²) in [5, 5.41) is 23.4. The van der Waals surface area contributed by atoms with E-state index >= 15 is 0 Å². The van der Waals surface area contributed by atoms with Crippen LogP contribution in [-0.4, -0.2) is 66.2 Å². The van der Waals surface area contributed by atoms with Crippen molar-refractivity contribution in [3.63, 3.8) is 0 Å². The summed E-state index contributed by atoms with van der Waals surface area (Å²) in [4.78, 5) is 24.6. The zero-order chi connectivity index (χ0) is 28.3.